The molecule has 6 nitrogen and oxygen atoms in total. The average Bonchev–Trinajstić information content (AvgIpc) is 2.96. The summed E-state index contributed by atoms with van der Waals surface area (Å²) >= 11 is 7.19. The minimum atomic E-state index is -0.336. The third-order valence-electron chi connectivity index (χ3n) is 3.44. The van der Waals surface area contributed by atoms with E-state index in [4.69, 9.17) is 17.4 Å². The Morgan fingerprint density at radius 1 is 1.23 bits per heavy atom. The van der Waals surface area contributed by atoms with Crippen molar-refractivity contribution >= 4 is 35.0 Å². The van der Waals surface area contributed by atoms with Gasteiger partial charge in [-0.3, -0.25) is 4.79 Å². The van der Waals surface area contributed by atoms with Crippen LogP contribution in [-0.2, 0) is 4.79 Å². The topological polar surface area (TPSA) is 85.8 Å². The summed E-state index contributed by atoms with van der Waals surface area (Å²) in [7, 11) is 0. The number of halogens is 2. The molecule has 3 N–H and O–H groups in total. The summed E-state index contributed by atoms with van der Waals surface area (Å²) in [5.74, 6) is 6.42. The first-order chi connectivity index (χ1) is 12.5. The van der Waals surface area contributed by atoms with Gasteiger partial charge in [0.25, 0.3) is 0 Å². The number of benzene rings is 2. The fourth-order valence-electron chi connectivity index (χ4n) is 2.20. The number of nitrogens with one attached hydrogen (secondary N) is 1. The number of carbonyl (C=O) groups is 1. The molecule has 134 valence electrons. The van der Waals surface area contributed by atoms with E-state index in [1.165, 1.54) is 28.6 Å². The van der Waals surface area contributed by atoms with E-state index in [1.807, 2.05) is 0 Å². The zero-order valence-corrected chi connectivity index (χ0v) is 15.1. The van der Waals surface area contributed by atoms with E-state index >= 15 is 0 Å². The predicted molar refractivity (Wildman–Crippen MR) is 101 cm³/mol. The van der Waals surface area contributed by atoms with Crippen molar-refractivity contribution in [3.05, 3.63) is 59.4 Å². The van der Waals surface area contributed by atoms with Crippen LogP contribution in [0.3, 0.4) is 0 Å². The van der Waals surface area contributed by atoms with E-state index in [9.17, 15) is 9.18 Å². The molecule has 0 radical (unpaired) electrons. The van der Waals surface area contributed by atoms with Crippen molar-refractivity contribution in [3.8, 4) is 11.4 Å². The molecule has 1 aromatic heterocycles. The highest BCUT2D eigenvalue weighted by Gasteiger charge is 2.13. The fraction of sp³-hybridized carbons (Fsp3) is 0.118. The lowest BCUT2D eigenvalue weighted by molar-refractivity contribution is -0.115. The number of aromatic nitrogens is 3. The number of amides is 1. The Labute approximate surface area is 158 Å². The lowest BCUT2D eigenvalue weighted by Crippen LogP contribution is -2.14. The fourth-order valence-corrected chi connectivity index (χ4v) is 3.18. The predicted octanol–water partition coefficient (Wildman–Crippen LogP) is 3.57. The quantitative estimate of drug-likeness (QED) is 0.495. The molecule has 3 aromatic rings. The van der Waals surface area contributed by atoms with E-state index in [-0.39, 0.29) is 18.1 Å². The average molecular weight is 392 g/mol. The van der Waals surface area contributed by atoms with Gasteiger partial charge in [-0.1, -0.05) is 29.4 Å². The first-order valence-corrected chi connectivity index (χ1v) is 9.04. The summed E-state index contributed by atoms with van der Waals surface area (Å²) in [5.41, 5.74) is 1.31. The largest absolute Gasteiger partial charge is 0.335 e. The molecule has 0 aliphatic heterocycles. The van der Waals surface area contributed by atoms with Crippen molar-refractivity contribution in [2.24, 2.45) is 0 Å². The Hall–Kier alpha value is -2.58. The van der Waals surface area contributed by atoms with Crippen LogP contribution >= 0.6 is 23.4 Å². The van der Waals surface area contributed by atoms with Gasteiger partial charge in [-0.2, -0.15) is 0 Å². The number of nitrogens with zero attached hydrogens (tertiary/aromatic N) is 3. The second kappa shape index (κ2) is 8.20. The summed E-state index contributed by atoms with van der Waals surface area (Å²) in [6.07, 6.45) is 0.274. The van der Waals surface area contributed by atoms with E-state index in [1.54, 1.807) is 36.4 Å². The van der Waals surface area contributed by atoms with Gasteiger partial charge in [0.05, 0.1) is 0 Å². The van der Waals surface area contributed by atoms with E-state index in [0.29, 0.717) is 33.0 Å². The summed E-state index contributed by atoms with van der Waals surface area (Å²) in [5, 5.41) is 11.8. The maximum Gasteiger partial charge on any atom is 0.225 e. The number of hydrogen-bond acceptors (Lipinski definition) is 5. The number of thioether (sulfide) groups is 1. The van der Waals surface area contributed by atoms with Crippen LogP contribution in [0.15, 0.2) is 53.7 Å². The first-order valence-electron chi connectivity index (χ1n) is 7.67. The van der Waals surface area contributed by atoms with Crippen molar-refractivity contribution in [1.82, 2.24) is 14.9 Å². The minimum Gasteiger partial charge on any atom is -0.335 e. The molecular formula is C17H15ClFN5OS. The standard InChI is InChI=1S/C17H15ClFN5OS/c18-12-2-1-3-14(10-12)21-15(25)8-9-26-17-23-22-16(24(17)20)11-4-6-13(19)7-5-11/h1-7,10H,8-9,20H2,(H,21,25). The van der Waals surface area contributed by atoms with Gasteiger partial charge in [-0.25, -0.2) is 9.07 Å². The molecule has 1 heterocycles. The highest BCUT2D eigenvalue weighted by Crippen LogP contribution is 2.22. The Balaban J connectivity index is 1.55. The van der Waals surface area contributed by atoms with Crippen LogP contribution in [0.2, 0.25) is 5.02 Å². The third-order valence-corrected chi connectivity index (χ3v) is 4.62. The van der Waals surface area contributed by atoms with Gasteiger partial charge in [-0.05, 0) is 42.5 Å². The zero-order valence-electron chi connectivity index (χ0n) is 13.5. The van der Waals surface area contributed by atoms with Gasteiger partial charge < -0.3 is 11.2 Å². The summed E-state index contributed by atoms with van der Waals surface area (Å²) in [4.78, 5) is 12.0. The number of rotatable bonds is 6. The smallest absolute Gasteiger partial charge is 0.225 e. The number of nitrogens with two attached hydrogens (primary N) is 1. The molecule has 9 heteroatoms. The second-order valence-electron chi connectivity index (χ2n) is 5.34. The van der Waals surface area contributed by atoms with Crippen LogP contribution < -0.4 is 11.2 Å². The van der Waals surface area contributed by atoms with Gasteiger partial charge in [0.15, 0.2) is 5.82 Å². The molecule has 0 aliphatic carbocycles. The summed E-state index contributed by atoms with van der Waals surface area (Å²) < 4.78 is 14.3. The molecule has 0 atom stereocenters. The van der Waals surface area contributed by atoms with Gasteiger partial charge >= 0.3 is 0 Å². The molecule has 1 amide bonds. The van der Waals surface area contributed by atoms with Crippen LogP contribution in [0.1, 0.15) is 6.42 Å². The lowest BCUT2D eigenvalue weighted by atomic mass is 10.2. The Kier molecular flexibility index (Phi) is 5.75. The van der Waals surface area contributed by atoms with Gasteiger partial charge in [0, 0.05) is 28.4 Å². The molecule has 0 fully saturated rings. The van der Waals surface area contributed by atoms with Gasteiger partial charge in [-0.15, -0.1) is 10.2 Å². The molecule has 0 bridgehead atoms. The van der Waals surface area contributed by atoms with Crippen LogP contribution in [0.25, 0.3) is 11.4 Å². The van der Waals surface area contributed by atoms with Gasteiger partial charge in [0.1, 0.15) is 5.82 Å². The maximum atomic E-state index is 13.0. The van der Waals surface area contributed by atoms with E-state index in [2.05, 4.69) is 15.5 Å². The van der Waals surface area contributed by atoms with E-state index in [0.717, 1.165) is 0 Å². The maximum absolute atomic E-state index is 13.0. The van der Waals surface area contributed by atoms with Crippen molar-refractivity contribution < 1.29 is 9.18 Å². The first kappa shape index (κ1) is 18.2. The zero-order chi connectivity index (χ0) is 18.5. The van der Waals surface area contributed by atoms with Crippen molar-refractivity contribution in [2.75, 3.05) is 16.9 Å². The van der Waals surface area contributed by atoms with Crippen molar-refractivity contribution in [1.29, 1.82) is 0 Å². The minimum absolute atomic E-state index is 0.137. The molecule has 0 aliphatic rings. The summed E-state index contributed by atoms with van der Waals surface area (Å²) in [6, 6.07) is 12.8. The van der Waals surface area contributed by atoms with Crippen molar-refractivity contribution in [2.45, 2.75) is 11.6 Å². The normalized spacial score (nSPS) is 10.7. The lowest BCUT2D eigenvalue weighted by Gasteiger charge is -2.06. The Morgan fingerprint density at radius 3 is 2.73 bits per heavy atom. The molecular weight excluding hydrogens is 377 g/mol. The third kappa shape index (κ3) is 4.53. The number of nitrogen functional groups attached to an aromatic ring is 1. The molecule has 0 spiro atoms. The van der Waals surface area contributed by atoms with Crippen LogP contribution in [0.4, 0.5) is 10.1 Å². The van der Waals surface area contributed by atoms with E-state index < -0.39 is 0 Å². The number of anilines is 1. The second-order valence-corrected chi connectivity index (χ2v) is 6.84. The van der Waals surface area contributed by atoms with Crippen LogP contribution in [0, 0.1) is 5.82 Å². The van der Waals surface area contributed by atoms with Crippen LogP contribution in [0.5, 0.6) is 0 Å². The number of hydrogen-bond donors (Lipinski definition) is 2. The molecule has 2 aromatic carbocycles. The molecule has 0 saturated heterocycles. The summed E-state index contributed by atoms with van der Waals surface area (Å²) in [6.45, 7) is 0. The molecule has 0 unspecified atom stereocenters. The Morgan fingerprint density at radius 2 is 2.00 bits per heavy atom. The van der Waals surface area contributed by atoms with Crippen molar-refractivity contribution in [3.63, 3.8) is 0 Å². The molecule has 26 heavy (non-hydrogen) atoms. The SMILES string of the molecule is Nn1c(SCCC(=O)Nc2cccc(Cl)c2)nnc1-c1ccc(F)cc1. The number of carbonyl (C=O) groups excluding carboxylic acids is 1. The highest BCUT2D eigenvalue weighted by atomic mass is 35.5. The molecule has 0 saturated carbocycles. The molecule has 3 rings (SSSR count). The monoisotopic (exact) mass is 391 g/mol. The Bertz CT molecular complexity index is 916. The van der Waals surface area contributed by atoms with Crippen LogP contribution in [-0.4, -0.2) is 26.5 Å². The highest BCUT2D eigenvalue weighted by molar-refractivity contribution is 7.99. The van der Waals surface area contributed by atoms with Gasteiger partial charge in [0.2, 0.25) is 11.1 Å².